The quantitative estimate of drug-likeness (QED) is 0.570. The zero-order chi connectivity index (χ0) is 15.0. The van der Waals surface area contributed by atoms with Crippen LogP contribution in [0.2, 0.25) is 0 Å². The number of nitrogens with zero attached hydrogens (tertiary/aromatic N) is 2. The number of nitrogens with one attached hydrogen (secondary N) is 2. The lowest BCUT2D eigenvalue weighted by atomic mass is 10.2. The molecule has 21 heavy (non-hydrogen) atoms. The number of aryl methyl sites for hydroxylation is 1. The molecule has 0 spiro atoms. The maximum absolute atomic E-state index is 11.6. The van der Waals surface area contributed by atoms with Crippen LogP contribution >= 0.6 is 11.3 Å². The molecular weight excluding hydrogens is 310 g/mol. The molecule has 2 aromatic rings. The van der Waals surface area contributed by atoms with Crippen LogP contribution in [0.3, 0.4) is 0 Å². The van der Waals surface area contributed by atoms with Crippen molar-refractivity contribution in [3.8, 4) is 0 Å². The molecule has 0 aromatic carbocycles. The van der Waals surface area contributed by atoms with Crippen LogP contribution in [-0.2, 0) is 16.3 Å². The highest BCUT2D eigenvalue weighted by Gasteiger charge is 2.28. The molecular formula is C12H17N5O2S2. The number of anilines is 2. The molecule has 0 bridgehead atoms. The van der Waals surface area contributed by atoms with Gasteiger partial charge in [-0.15, -0.1) is 11.3 Å². The van der Waals surface area contributed by atoms with E-state index < -0.39 is 9.84 Å². The fourth-order valence-electron chi connectivity index (χ4n) is 2.42. The summed E-state index contributed by atoms with van der Waals surface area (Å²) in [5, 5.41) is 4.15. The number of nitrogen functional groups attached to an aromatic ring is 1. The van der Waals surface area contributed by atoms with E-state index in [0.29, 0.717) is 18.2 Å². The minimum absolute atomic E-state index is 0.108. The van der Waals surface area contributed by atoms with E-state index in [1.54, 1.807) is 11.3 Å². The first kappa shape index (κ1) is 14.5. The van der Waals surface area contributed by atoms with Crippen molar-refractivity contribution in [1.82, 2.24) is 9.97 Å². The van der Waals surface area contributed by atoms with Crippen LogP contribution < -0.4 is 16.6 Å². The molecule has 0 aliphatic carbocycles. The van der Waals surface area contributed by atoms with Gasteiger partial charge in [0.05, 0.1) is 16.9 Å². The van der Waals surface area contributed by atoms with E-state index in [2.05, 4.69) is 27.6 Å². The third-order valence-corrected chi connectivity index (χ3v) is 6.44. The van der Waals surface area contributed by atoms with Crippen LogP contribution in [-0.4, -0.2) is 35.9 Å². The van der Waals surface area contributed by atoms with Crippen molar-refractivity contribution in [2.75, 3.05) is 22.2 Å². The molecule has 3 heterocycles. The number of sulfone groups is 1. The minimum atomic E-state index is -2.93. The molecule has 9 heteroatoms. The van der Waals surface area contributed by atoms with Crippen LogP contribution in [0.1, 0.15) is 18.2 Å². The molecule has 0 radical (unpaired) electrons. The summed E-state index contributed by atoms with van der Waals surface area (Å²) < 4.78 is 23.1. The number of thiophene rings is 1. The molecule has 1 unspecified atom stereocenters. The van der Waals surface area contributed by atoms with E-state index in [-0.39, 0.29) is 17.5 Å². The third-order valence-electron chi connectivity index (χ3n) is 3.49. The molecule has 1 aliphatic rings. The summed E-state index contributed by atoms with van der Waals surface area (Å²) in [6.07, 6.45) is 1.52. The molecule has 1 fully saturated rings. The highest BCUT2D eigenvalue weighted by molar-refractivity contribution is 7.91. The topological polar surface area (TPSA) is 110 Å². The first-order chi connectivity index (χ1) is 10.0. The Morgan fingerprint density at radius 2 is 2.29 bits per heavy atom. The molecule has 0 amide bonds. The zero-order valence-corrected chi connectivity index (χ0v) is 13.2. The van der Waals surface area contributed by atoms with E-state index in [4.69, 9.17) is 5.84 Å². The molecule has 1 atom stereocenters. The number of nitrogens with two attached hydrogens (primary N) is 1. The standard InChI is InChI=1S/C12H17N5O2S2/c1-2-8-5-9-10(14-7-3-4-21(18,19)6-7)15-12(17-13)16-11(9)20-8/h5,7H,2-4,6,13H2,1H3,(H2,14,15,16,17). The Hall–Kier alpha value is -1.45. The van der Waals surface area contributed by atoms with Gasteiger partial charge in [0.25, 0.3) is 0 Å². The zero-order valence-electron chi connectivity index (χ0n) is 11.6. The number of aromatic nitrogens is 2. The van der Waals surface area contributed by atoms with Gasteiger partial charge in [-0.2, -0.15) is 4.98 Å². The van der Waals surface area contributed by atoms with Crippen LogP contribution in [0.15, 0.2) is 6.07 Å². The summed E-state index contributed by atoms with van der Waals surface area (Å²) in [6.45, 7) is 2.08. The van der Waals surface area contributed by atoms with Gasteiger partial charge < -0.3 is 5.32 Å². The lowest BCUT2D eigenvalue weighted by Crippen LogP contribution is -2.22. The van der Waals surface area contributed by atoms with Gasteiger partial charge >= 0.3 is 0 Å². The highest BCUT2D eigenvalue weighted by atomic mass is 32.2. The number of fused-ring (bicyclic) bond motifs is 1. The van der Waals surface area contributed by atoms with Crippen molar-refractivity contribution in [2.24, 2.45) is 5.84 Å². The lowest BCUT2D eigenvalue weighted by molar-refractivity contribution is 0.602. The van der Waals surface area contributed by atoms with E-state index in [1.807, 2.05) is 6.07 Å². The normalized spacial score (nSPS) is 20.8. The van der Waals surface area contributed by atoms with Gasteiger partial charge in [-0.05, 0) is 18.9 Å². The Morgan fingerprint density at radius 1 is 1.48 bits per heavy atom. The summed E-state index contributed by atoms with van der Waals surface area (Å²) in [5.74, 6) is 6.75. The van der Waals surface area contributed by atoms with Crippen molar-refractivity contribution in [3.63, 3.8) is 0 Å². The Bertz CT molecular complexity index is 771. The van der Waals surface area contributed by atoms with Crippen molar-refractivity contribution in [3.05, 3.63) is 10.9 Å². The van der Waals surface area contributed by atoms with Gasteiger partial charge in [0, 0.05) is 10.9 Å². The van der Waals surface area contributed by atoms with Gasteiger partial charge in [0.15, 0.2) is 9.84 Å². The second-order valence-corrected chi connectivity index (χ2v) is 8.41. The third kappa shape index (κ3) is 2.94. The average Bonchev–Trinajstić information content (AvgIpc) is 3.01. The molecule has 4 N–H and O–H groups in total. The monoisotopic (exact) mass is 327 g/mol. The van der Waals surface area contributed by atoms with Crippen molar-refractivity contribution < 1.29 is 8.42 Å². The maximum Gasteiger partial charge on any atom is 0.240 e. The Labute approximate surface area is 126 Å². The van der Waals surface area contributed by atoms with Gasteiger partial charge in [-0.25, -0.2) is 19.2 Å². The number of hydrogen-bond donors (Lipinski definition) is 3. The summed E-state index contributed by atoms with van der Waals surface area (Å²) in [6, 6.07) is 1.94. The van der Waals surface area contributed by atoms with Crippen molar-refractivity contribution in [2.45, 2.75) is 25.8 Å². The lowest BCUT2D eigenvalue weighted by Gasteiger charge is -2.13. The van der Waals surface area contributed by atoms with Gasteiger partial charge in [0.1, 0.15) is 10.6 Å². The minimum Gasteiger partial charge on any atom is -0.366 e. The van der Waals surface area contributed by atoms with Crippen molar-refractivity contribution >= 4 is 43.2 Å². The van der Waals surface area contributed by atoms with Crippen LogP contribution in [0.4, 0.5) is 11.8 Å². The van der Waals surface area contributed by atoms with Gasteiger partial charge in [0.2, 0.25) is 5.95 Å². The molecule has 1 saturated heterocycles. The van der Waals surface area contributed by atoms with E-state index in [9.17, 15) is 8.42 Å². The summed E-state index contributed by atoms with van der Waals surface area (Å²) >= 11 is 1.59. The van der Waals surface area contributed by atoms with Crippen molar-refractivity contribution in [1.29, 1.82) is 0 Å². The largest absolute Gasteiger partial charge is 0.366 e. The predicted octanol–water partition coefficient (Wildman–Crippen LogP) is 1.14. The fourth-order valence-corrected chi connectivity index (χ4v) is 5.06. The summed E-state index contributed by atoms with van der Waals surface area (Å²) in [7, 11) is -2.93. The van der Waals surface area contributed by atoms with Crippen LogP contribution in [0.25, 0.3) is 10.2 Å². The van der Waals surface area contributed by atoms with Gasteiger partial charge in [-0.1, -0.05) is 6.92 Å². The molecule has 7 nitrogen and oxygen atoms in total. The number of hydrazine groups is 1. The van der Waals surface area contributed by atoms with Crippen LogP contribution in [0, 0.1) is 0 Å². The summed E-state index contributed by atoms with van der Waals surface area (Å²) in [5.41, 5.74) is 2.45. The molecule has 3 rings (SSSR count). The Kier molecular flexibility index (Phi) is 3.72. The first-order valence-corrected chi connectivity index (χ1v) is 9.38. The smallest absolute Gasteiger partial charge is 0.240 e. The number of rotatable bonds is 4. The second kappa shape index (κ2) is 5.39. The van der Waals surface area contributed by atoms with E-state index in [0.717, 1.165) is 16.6 Å². The molecule has 1 aliphatic heterocycles. The van der Waals surface area contributed by atoms with E-state index >= 15 is 0 Å². The number of hydrogen-bond acceptors (Lipinski definition) is 8. The fraction of sp³-hybridized carbons (Fsp3) is 0.500. The Morgan fingerprint density at radius 3 is 2.90 bits per heavy atom. The Balaban J connectivity index is 1.98. The predicted molar refractivity (Wildman–Crippen MR) is 85.3 cm³/mol. The maximum atomic E-state index is 11.6. The second-order valence-electron chi connectivity index (χ2n) is 5.07. The average molecular weight is 327 g/mol. The van der Waals surface area contributed by atoms with E-state index in [1.165, 1.54) is 4.88 Å². The highest BCUT2D eigenvalue weighted by Crippen LogP contribution is 2.31. The van der Waals surface area contributed by atoms with Crippen LogP contribution in [0.5, 0.6) is 0 Å². The van der Waals surface area contributed by atoms with Gasteiger partial charge in [-0.3, -0.25) is 5.43 Å². The molecule has 114 valence electrons. The molecule has 2 aromatic heterocycles. The molecule has 0 saturated carbocycles. The SMILES string of the molecule is CCc1cc2c(NC3CCS(=O)(=O)C3)nc(NN)nc2s1. The summed E-state index contributed by atoms with van der Waals surface area (Å²) in [4.78, 5) is 10.7. The first-order valence-electron chi connectivity index (χ1n) is 6.75.